The number of methoxy groups -OCH3 is 1. The molecule has 32 heavy (non-hydrogen) atoms. The number of nitrogens with zero attached hydrogens (tertiary/aromatic N) is 1. The van der Waals surface area contributed by atoms with E-state index in [0.717, 1.165) is 39.5 Å². The van der Waals surface area contributed by atoms with E-state index in [9.17, 15) is 4.79 Å². The van der Waals surface area contributed by atoms with Gasteiger partial charge in [-0.05, 0) is 87.1 Å². The highest BCUT2D eigenvalue weighted by Crippen LogP contribution is 2.58. The number of hydrogen-bond acceptors (Lipinski definition) is 3. The molecule has 1 amide bonds. The van der Waals surface area contributed by atoms with Gasteiger partial charge >= 0.3 is 0 Å². The monoisotopic (exact) mass is 496 g/mol. The van der Waals surface area contributed by atoms with Crippen molar-refractivity contribution in [2.75, 3.05) is 20.2 Å². The second-order valence-corrected chi connectivity index (χ2v) is 11.7. The van der Waals surface area contributed by atoms with Crippen molar-refractivity contribution in [1.82, 2.24) is 10.2 Å². The first kappa shape index (κ1) is 21.0. The Kier molecular flexibility index (Phi) is 5.26. The number of nitrogens with one attached hydrogen (secondary N) is 1. The molecule has 0 spiro atoms. The second kappa shape index (κ2) is 8.02. The number of carbonyl (C=O) groups excluding carboxylic acids is 1. The first-order valence-electron chi connectivity index (χ1n) is 12.4. The quantitative estimate of drug-likeness (QED) is 0.570. The van der Waals surface area contributed by atoms with E-state index in [2.05, 4.69) is 26.1 Å². The van der Waals surface area contributed by atoms with Crippen LogP contribution in [0.1, 0.15) is 61.7 Å². The van der Waals surface area contributed by atoms with E-state index < -0.39 is 0 Å². The third-order valence-corrected chi connectivity index (χ3v) is 9.54. The van der Waals surface area contributed by atoms with Gasteiger partial charge in [-0.3, -0.25) is 9.69 Å². The van der Waals surface area contributed by atoms with Gasteiger partial charge in [0.05, 0.1) is 12.7 Å². The molecular formula is C27H33BrN2O2. The van der Waals surface area contributed by atoms with Gasteiger partial charge in [0, 0.05) is 28.0 Å². The minimum Gasteiger partial charge on any atom is -0.495 e. The average molecular weight is 497 g/mol. The molecule has 2 aromatic rings. The van der Waals surface area contributed by atoms with Gasteiger partial charge in [-0.2, -0.15) is 0 Å². The lowest BCUT2D eigenvalue weighted by Gasteiger charge is -2.61. The van der Waals surface area contributed by atoms with E-state index in [1.807, 2.05) is 30.3 Å². The van der Waals surface area contributed by atoms with Gasteiger partial charge in [-0.15, -0.1) is 0 Å². The molecule has 0 unspecified atom stereocenters. The van der Waals surface area contributed by atoms with Crippen molar-refractivity contribution in [1.29, 1.82) is 0 Å². The summed E-state index contributed by atoms with van der Waals surface area (Å²) in [5, 5.41) is 5.31. The first-order valence-corrected chi connectivity index (χ1v) is 13.2. The number of fused-ring (bicyclic) bond motifs is 1. The van der Waals surface area contributed by atoms with E-state index in [1.165, 1.54) is 57.9 Å². The molecule has 5 fully saturated rings. The molecule has 0 radical (unpaired) electrons. The number of rotatable bonds is 5. The number of ether oxygens (including phenoxy) is 1. The highest BCUT2D eigenvalue weighted by Gasteiger charge is 2.55. The van der Waals surface area contributed by atoms with Crippen molar-refractivity contribution in [3.8, 4) is 5.75 Å². The minimum atomic E-state index is -0.0364. The molecule has 4 aliphatic carbocycles. The highest BCUT2D eigenvalue weighted by molar-refractivity contribution is 9.10. The Morgan fingerprint density at radius 3 is 2.44 bits per heavy atom. The van der Waals surface area contributed by atoms with Gasteiger partial charge in [0.1, 0.15) is 5.75 Å². The molecule has 4 bridgehead atoms. The SMILES string of the molecule is COc1c(C(=O)NC[C@@H]2CCCN2C23CC4CC(CC(C4)C2)C3)cc(Br)c2ccccc12. The van der Waals surface area contributed by atoms with Crippen LogP contribution >= 0.6 is 15.9 Å². The molecular weight excluding hydrogens is 464 g/mol. The fraction of sp³-hybridized carbons (Fsp3) is 0.593. The van der Waals surface area contributed by atoms with E-state index in [4.69, 9.17) is 4.74 Å². The summed E-state index contributed by atoms with van der Waals surface area (Å²) in [4.78, 5) is 16.1. The maximum Gasteiger partial charge on any atom is 0.255 e. The molecule has 5 heteroatoms. The van der Waals surface area contributed by atoms with Crippen LogP contribution in [0, 0.1) is 17.8 Å². The summed E-state index contributed by atoms with van der Waals surface area (Å²) in [6.45, 7) is 1.94. The van der Waals surface area contributed by atoms with Crippen LogP contribution in [0.3, 0.4) is 0 Å². The van der Waals surface area contributed by atoms with Crippen molar-refractivity contribution in [2.24, 2.45) is 17.8 Å². The Bertz CT molecular complexity index is 1020. The van der Waals surface area contributed by atoms with Gasteiger partial charge in [0.15, 0.2) is 0 Å². The molecule has 1 N–H and O–H groups in total. The Hall–Kier alpha value is -1.59. The number of halogens is 1. The summed E-state index contributed by atoms with van der Waals surface area (Å²) >= 11 is 3.65. The van der Waals surface area contributed by atoms with Crippen LogP contribution in [-0.2, 0) is 0 Å². The number of likely N-dealkylation sites (tertiary alicyclic amines) is 1. The zero-order chi connectivity index (χ0) is 21.9. The summed E-state index contributed by atoms with van der Waals surface area (Å²) in [7, 11) is 1.65. The Balaban J connectivity index is 1.21. The van der Waals surface area contributed by atoms with Crippen molar-refractivity contribution < 1.29 is 9.53 Å². The largest absolute Gasteiger partial charge is 0.495 e. The molecule has 4 nitrogen and oxygen atoms in total. The minimum absolute atomic E-state index is 0.0364. The number of carbonyl (C=O) groups is 1. The zero-order valence-corrected chi connectivity index (χ0v) is 20.5. The second-order valence-electron chi connectivity index (χ2n) is 10.8. The summed E-state index contributed by atoms with van der Waals surface area (Å²) in [6.07, 6.45) is 11.1. The summed E-state index contributed by atoms with van der Waals surface area (Å²) in [5.41, 5.74) is 1.03. The molecule has 170 valence electrons. The Morgan fingerprint density at radius 2 is 1.78 bits per heavy atom. The van der Waals surface area contributed by atoms with Crippen molar-refractivity contribution in [2.45, 2.75) is 62.9 Å². The van der Waals surface area contributed by atoms with Crippen LogP contribution in [0.2, 0.25) is 0 Å². The molecule has 7 rings (SSSR count). The first-order chi connectivity index (χ1) is 15.6. The predicted molar refractivity (Wildman–Crippen MR) is 131 cm³/mol. The maximum absolute atomic E-state index is 13.3. The third-order valence-electron chi connectivity index (χ3n) is 8.88. The summed E-state index contributed by atoms with van der Waals surface area (Å²) < 4.78 is 6.63. The van der Waals surface area contributed by atoms with Crippen LogP contribution in [-0.4, -0.2) is 42.6 Å². The topological polar surface area (TPSA) is 41.6 Å². The fourth-order valence-electron chi connectivity index (χ4n) is 8.09. The van der Waals surface area contributed by atoms with Crippen LogP contribution in [0.15, 0.2) is 34.8 Å². The lowest BCUT2D eigenvalue weighted by molar-refractivity contribution is -0.0930. The molecule has 0 aromatic heterocycles. The normalized spacial score (nSPS) is 33.7. The molecule has 2 aromatic carbocycles. The molecule has 4 saturated carbocycles. The summed E-state index contributed by atoms with van der Waals surface area (Å²) in [5.74, 6) is 3.49. The van der Waals surface area contributed by atoms with Crippen LogP contribution in [0.25, 0.3) is 10.8 Å². The standard InChI is InChI=1S/C27H33BrN2O2/c1-32-25-22-7-3-2-6-21(22)24(28)12-23(25)26(31)29-16-20-5-4-8-30(20)27-13-17-9-18(14-27)11-19(10-17)15-27/h2-3,6-7,12,17-20H,4-5,8-11,13-16H2,1H3,(H,29,31)/t17?,18?,19?,20-,27?/m0/s1. The third kappa shape index (κ3) is 3.38. The fourth-order valence-corrected chi connectivity index (χ4v) is 8.66. The van der Waals surface area contributed by atoms with E-state index in [0.29, 0.717) is 22.9 Å². The number of hydrogen-bond donors (Lipinski definition) is 1. The molecule has 1 heterocycles. The van der Waals surface area contributed by atoms with Gasteiger partial charge in [0.2, 0.25) is 0 Å². The van der Waals surface area contributed by atoms with Crippen molar-refractivity contribution in [3.05, 3.63) is 40.4 Å². The van der Waals surface area contributed by atoms with Crippen molar-refractivity contribution in [3.63, 3.8) is 0 Å². The van der Waals surface area contributed by atoms with Crippen LogP contribution in [0.4, 0.5) is 0 Å². The van der Waals surface area contributed by atoms with Gasteiger partial charge in [0.25, 0.3) is 5.91 Å². The Morgan fingerprint density at radius 1 is 1.12 bits per heavy atom. The van der Waals surface area contributed by atoms with E-state index in [-0.39, 0.29) is 5.91 Å². The molecule has 1 saturated heterocycles. The van der Waals surface area contributed by atoms with Crippen LogP contribution < -0.4 is 10.1 Å². The molecule has 5 aliphatic rings. The van der Waals surface area contributed by atoms with Gasteiger partial charge in [-0.1, -0.05) is 40.2 Å². The van der Waals surface area contributed by atoms with Gasteiger partial charge < -0.3 is 10.1 Å². The number of amides is 1. The zero-order valence-electron chi connectivity index (χ0n) is 18.9. The lowest BCUT2D eigenvalue weighted by Crippen LogP contribution is -2.62. The summed E-state index contributed by atoms with van der Waals surface area (Å²) in [6, 6.07) is 10.4. The predicted octanol–water partition coefficient (Wildman–Crippen LogP) is 5.77. The van der Waals surface area contributed by atoms with E-state index >= 15 is 0 Å². The van der Waals surface area contributed by atoms with E-state index in [1.54, 1.807) is 7.11 Å². The van der Waals surface area contributed by atoms with Crippen LogP contribution in [0.5, 0.6) is 5.75 Å². The van der Waals surface area contributed by atoms with Gasteiger partial charge in [-0.25, -0.2) is 0 Å². The average Bonchev–Trinajstić information content (AvgIpc) is 3.26. The smallest absolute Gasteiger partial charge is 0.255 e. The molecule has 1 aliphatic heterocycles. The molecule has 1 atom stereocenters. The lowest BCUT2D eigenvalue weighted by atomic mass is 9.52. The van der Waals surface area contributed by atoms with Crippen molar-refractivity contribution >= 4 is 32.6 Å². The number of benzene rings is 2. The highest BCUT2D eigenvalue weighted by atomic mass is 79.9. The Labute approximate surface area is 199 Å². The maximum atomic E-state index is 13.3.